The van der Waals surface area contributed by atoms with Crippen molar-refractivity contribution in [3.63, 3.8) is 0 Å². The molecule has 1 fully saturated rings. The van der Waals surface area contributed by atoms with E-state index >= 15 is 0 Å². The summed E-state index contributed by atoms with van der Waals surface area (Å²) >= 11 is 1.46. The number of aryl methyl sites for hydroxylation is 1. The third-order valence-corrected chi connectivity index (χ3v) is 4.24. The normalized spacial score (nSPS) is 15.9. The van der Waals surface area contributed by atoms with Crippen LogP contribution in [0.1, 0.15) is 17.6 Å². The average molecular weight is 272 g/mol. The summed E-state index contributed by atoms with van der Waals surface area (Å²) in [6.07, 6.45) is 2.02. The van der Waals surface area contributed by atoms with Crippen LogP contribution < -0.4 is 4.90 Å². The molecule has 0 aliphatic carbocycles. The summed E-state index contributed by atoms with van der Waals surface area (Å²) in [6, 6.07) is 5.95. The van der Waals surface area contributed by atoms with Gasteiger partial charge < -0.3 is 4.90 Å². The molecule has 0 spiro atoms. The fraction of sp³-hybridized carbons (Fsp3) is 0.333. The number of hydrogen-bond acceptors (Lipinski definition) is 6. The third-order valence-electron chi connectivity index (χ3n) is 3.37. The summed E-state index contributed by atoms with van der Waals surface area (Å²) in [5.74, 6) is 2.30. The lowest BCUT2D eigenvalue weighted by Crippen LogP contribution is -2.45. The molecule has 0 N–H and O–H groups in total. The predicted octanol–water partition coefficient (Wildman–Crippen LogP) is 1.49. The van der Waals surface area contributed by atoms with Gasteiger partial charge in [0.05, 0.1) is 5.92 Å². The first-order valence-electron chi connectivity index (χ1n) is 6.16. The first-order valence-corrected chi connectivity index (χ1v) is 6.93. The van der Waals surface area contributed by atoms with Gasteiger partial charge in [0.1, 0.15) is 11.6 Å². The topological polar surface area (TPSA) is 59.2 Å². The molecule has 0 saturated carbocycles. The molecule has 0 atom stereocenters. The fourth-order valence-corrected chi connectivity index (χ4v) is 3.04. The maximum atomic E-state index is 4.40. The third kappa shape index (κ3) is 1.69. The van der Waals surface area contributed by atoms with E-state index in [0.29, 0.717) is 5.92 Å². The summed E-state index contributed by atoms with van der Waals surface area (Å²) in [4.78, 5) is 6.64. The number of aromatic nitrogens is 5. The smallest absolute Gasteiger partial charge is 0.205 e. The van der Waals surface area contributed by atoms with Crippen molar-refractivity contribution in [1.29, 1.82) is 0 Å². The molecule has 19 heavy (non-hydrogen) atoms. The monoisotopic (exact) mass is 272 g/mol. The van der Waals surface area contributed by atoms with Crippen molar-refractivity contribution in [1.82, 2.24) is 24.0 Å². The molecule has 6 nitrogen and oxygen atoms in total. The lowest BCUT2D eigenvalue weighted by atomic mass is 10.0. The number of rotatable bonds is 2. The summed E-state index contributed by atoms with van der Waals surface area (Å²) in [6.45, 7) is 3.79. The molecule has 4 rings (SSSR count). The van der Waals surface area contributed by atoms with Crippen LogP contribution in [0.3, 0.4) is 0 Å². The van der Waals surface area contributed by atoms with Crippen molar-refractivity contribution < 1.29 is 0 Å². The van der Waals surface area contributed by atoms with Crippen molar-refractivity contribution in [2.75, 3.05) is 18.0 Å². The minimum atomic E-state index is 0.418. The van der Waals surface area contributed by atoms with E-state index in [1.165, 1.54) is 11.5 Å². The number of fused-ring (bicyclic) bond motifs is 1. The van der Waals surface area contributed by atoms with E-state index in [-0.39, 0.29) is 0 Å². The Balaban J connectivity index is 1.57. The highest BCUT2D eigenvalue weighted by molar-refractivity contribution is 7.09. The second-order valence-electron chi connectivity index (χ2n) is 4.71. The molecule has 7 heteroatoms. The molecule has 4 heterocycles. The quantitative estimate of drug-likeness (QED) is 0.707. The summed E-state index contributed by atoms with van der Waals surface area (Å²) in [7, 11) is 0. The molecule has 96 valence electrons. The summed E-state index contributed by atoms with van der Waals surface area (Å²) in [5, 5.41) is 9.50. The maximum absolute atomic E-state index is 4.40. The first-order chi connectivity index (χ1) is 9.31. The summed E-state index contributed by atoms with van der Waals surface area (Å²) < 4.78 is 6.28. The molecular formula is C12H12N6S. The van der Waals surface area contributed by atoms with E-state index in [4.69, 9.17) is 0 Å². The molecule has 0 bridgehead atoms. The second-order valence-corrected chi connectivity index (χ2v) is 5.44. The fourth-order valence-electron chi connectivity index (χ4n) is 2.35. The van der Waals surface area contributed by atoms with Gasteiger partial charge in [-0.05, 0) is 19.1 Å². The predicted molar refractivity (Wildman–Crippen MR) is 72.6 cm³/mol. The second kappa shape index (κ2) is 3.99. The Morgan fingerprint density at radius 1 is 1.26 bits per heavy atom. The maximum Gasteiger partial charge on any atom is 0.205 e. The van der Waals surface area contributed by atoms with E-state index in [0.717, 1.165) is 35.5 Å². The van der Waals surface area contributed by atoms with Gasteiger partial charge >= 0.3 is 0 Å². The van der Waals surface area contributed by atoms with Crippen molar-refractivity contribution in [3.05, 3.63) is 36.0 Å². The van der Waals surface area contributed by atoms with Crippen molar-refractivity contribution in [2.24, 2.45) is 0 Å². The van der Waals surface area contributed by atoms with E-state index in [1.54, 1.807) is 0 Å². The molecule has 0 radical (unpaired) electrons. The highest BCUT2D eigenvalue weighted by atomic mass is 32.1. The Morgan fingerprint density at radius 3 is 2.95 bits per heavy atom. The van der Waals surface area contributed by atoms with Crippen LogP contribution in [0.15, 0.2) is 24.4 Å². The molecule has 1 aliphatic heterocycles. The first kappa shape index (κ1) is 10.9. The lowest BCUT2D eigenvalue weighted by Gasteiger charge is -2.37. The number of nitrogens with zero attached hydrogens (tertiary/aromatic N) is 6. The zero-order chi connectivity index (χ0) is 12.8. The van der Waals surface area contributed by atoms with Crippen molar-refractivity contribution >= 4 is 22.3 Å². The number of anilines is 1. The molecule has 3 aromatic heterocycles. The highest BCUT2D eigenvalue weighted by Crippen LogP contribution is 2.31. The van der Waals surface area contributed by atoms with Crippen LogP contribution >= 0.6 is 11.5 Å². The van der Waals surface area contributed by atoms with Gasteiger partial charge in [-0.1, -0.05) is 6.07 Å². The lowest BCUT2D eigenvalue weighted by molar-refractivity contribution is 0.496. The Bertz CT molecular complexity index is 726. The van der Waals surface area contributed by atoms with Crippen LogP contribution in [0.4, 0.5) is 5.13 Å². The van der Waals surface area contributed by atoms with Crippen LogP contribution in [0.25, 0.3) is 5.65 Å². The Kier molecular flexibility index (Phi) is 2.28. The molecule has 0 amide bonds. The summed E-state index contributed by atoms with van der Waals surface area (Å²) in [5.41, 5.74) is 0.905. The average Bonchev–Trinajstić information content (AvgIpc) is 2.96. The molecule has 3 aromatic rings. The van der Waals surface area contributed by atoms with Crippen LogP contribution in [0.2, 0.25) is 0 Å². The Labute approximate surface area is 113 Å². The minimum Gasteiger partial charge on any atom is -0.345 e. The van der Waals surface area contributed by atoms with E-state index < -0.39 is 0 Å². The number of pyridine rings is 1. The van der Waals surface area contributed by atoms with Crippen LogP contribution in [-0.2, 0) is 0 Å². The van der Waals surface area contributed by atoms with Gasteiger partial charge in [0.15, 0.2) is 5.65 Å². The molecule has 1 saturated heterocycles. The SMILES string of the molecule is Cc1nsc(N2CC(c3nnc4ccccn34)C2)n1. The zero-order valence-corrected chi connectivity index (χ0v) is 11.2. The van der Waals surface area contributed by atoms with Crippen LogP contribution in [-0.4, -0.2) is 37.0 Å². The van der Waals surface area contributed by atoms with Gasteiger partial charge in [-0.15, -0.1) is 10.2 Å². The Morgan fingerprint density at radius 2 is 2.16 bits per heavy atom. The standard InChI is InChI=1S/C12H12N6S/c1-8-13-12(19-16-8)17-6-9(7-17)11-15-14-10-4-2-3-5-18(10)11/h2-5,9H,6-7H2,1H3. The minimum absolute atomic E-state index is 0.418. The highest BCUT2D eigenvalue weighted by Gasteiger charge is 2.33. The van der Waals surface area contributed by atoms with E-state index in [2.05, 4.69) is 28.9 Å². The van der Waals surface area contributed by atoms with Gasteiger partial charge in [-0.2, -0.15) is 4.37 Å². The molecule has 0 unspecified atom stereocenters. The number of hydrogen-bond donors (Lipinski definition) is 0. The van der Waals surface area contributed by atoms with Gasteiger partial charge in [0.2, 0.25) is 5.13 Å². The van der Waals surface area contributed by atoms with Crippen molar-refractivity contribution in [2.45, 2.75) is 12.8 Å². The molecule has 1 aliphatic rings. The largest absolute Gasteiger partial charge is 0.345 e. The van der Waals surface area contributed by atoms with E-state index in [9.17, 15) is 0 Å². The van der Waals surface area contributed by atoms with E-state index in [1.807, 2.05) is 31.3 Å². The molecular weight excluding hydrogens is 260 g/mol. The van der Waals surface area contributed by atoms with Gasteiger partial charge in [-0.25, -0.2) is 4.98 Å². The zero-order valence-electron chi connectivity index (χ0n) is 10.4. The van der Waals surface area contributed by atoms with Gasteiger partial charge in [0, 0.05) is 30.8 Å². The van der Waals surface area contributed by atoms with Crippen molar-refractivity contribution in [3.8, 4) is 0 Å². The van der Waals surface area contributed by atoms with Crippen LogP contribution in [0.5, 0.6) is 0 Å². The Hall–Kier alpha value is -2.02. The van der Waals surface area contributed by atoms with Crippen LogP contribution in [0, 0.1) is 6.92 Å². The van der Waals surface area contributed by atoms with Gasteiger partial charge in [-0.3, -0.25) is 4.40 Å². The van der Waals surface area contributed by atoms with Gasteiger partial charge in [0.25, 0.3) is 0 Å². The molecule has 0 aromatic carbocycles.